The lowest BCUT2D eigenvalue weighted by Crippen LogP contribution is -2.29. The predicted molar refractivity (Wildman–Crippen MR) is 118 cm³/mol. The molecule has 1 aliphatic rings. The van der Waals surface area contributed by atoms with Gasteiger partial charge in [-0.2, -0.15) is 0 Å². The minimum atomic E-state index is -3.33. The molecule has 4 rings (SSSR count). The van der Waals surface area contributed by atoms with E-state index in [1.807, 2.05) is 53.0 Å². The van der Waals surface area contributed by atoms with Crippen LogP contribution in [-0.2, 0) is 17.1 Å². The third-order valence-corrected chi connectivity index (χ3v) is 5.66. The molecule has 1 aromatic carbocycles. The van der Waals surface area contributed by atoms with Crippen molar-refractivity contribution in [3.05, 3.63) is 78.4 Å². The number of nitrogens with one attached hydrogen (secondary N) is 2. The van der Waals surface area contributed by atoms with Crippen molar-refractivity contribution in [2.24, 2.45) is 7.05 Å². The van der Waals surface area contributed by atoms with Crippen molar-refractivity contribution >= 4 is 38.7 Å². The van der Waals surface area contributed by atoms with Crippen molar-refractivity contribution in [3.63, 3.8) is 0 Å². The van der Waals surface area contributed by atoms with E-state index >= 15 is 0 Å². The van der Waals surface area contributed by atoms with Gasteiger partial charge in [-0.15, -0.1) is 0 Å². The maximum absolute atomic E-state index is 11.5. The van der Waals surface area contributed by atoms with Gasteiger partial charge < -0.3 is 14.8 Å². The molecule has 0 amide bonds. The molecule has 0 aliphatic carbocycles. The van der Waals surface area contributed by atoms with Crippen LogP contribution in [0.1, 0.15) is 23.3 Å². The van der Waals surface area contributed by atoms with Crippen LogP contribution >= 0.6 is 12.2 Å². The molecule has 0 unspecified atom stereocenters. The van der Waals surface area contributed by atoms with Crippen LogP contribution in [-0.4, -0.2) is 29.3 Å². The van der Waals surface area contributed by atoms with Gasteiger partial charge in [0, 0.05) is 37.0 Å². The van der Waals surface area contributed by atoms with Crippen LogP contribution in [0.5, 0.6) is 0 Å². The van der Waals surface area contributed by atoms with E-state index in [4.69, 9.17) is 12.2 Å². The Bertz CT molecular complexity index is 1130. The fraction of sp³-hybridized carbons (Fsp3) is 0.200. The number of rotatable bonds is 5. The Morgan fingerprint density at radius 3 is 2.48 bits per heavy atom. The maximum atomic E-state index is 11.5. The zero-order valence-corrected chi connectivity index (χ0v) is 17.6. The number of nitrogens with zero attached hydrogens (tertiary/aromatic N) is 3. The number of hydrogen-bond donors (Lipinski definition) is 2. The van der Waals surface area contributed by atoms with Gasteiger partial charge in [-0.25, -0.2) is 8.42 Å². The summed E-state index contributed by atoms with van der Waals surface area (Å²) in [6, 6.07) is 14.9. The monoisotopic (exact) mass is 427 g/mol. The molecule has 29 heavy (non-hydrogen) atoms. The van der Waals surface area contributed by atoms with Gasteiger partial charge >= 0.3 is 0 Å². The number of aryl methyl sites for hydroxylation is 1. The maximum Gasteiger partial charge on any atom is 0.229 e. The van der Waals surface area contributed by atoms with Gasteiger partial charge in [-0.3, -0.25) is 9.71 Å². The van der Waals surface area contributed by atoms with Gasteiger partial charge in [-0.1, -0.05) is 6.07 Å². The summed E-state index contributed by atoms with van der Waals surface area (Å²) in [5, 5.41) is 4.00. The van der Waals surface area contributed by atoms with Crippen molar-refractivity contribution in [3.8, 4) is 0 Å². The zero-order valence-electron chi connectivity index (χ0n) is 16.0. The van der Waals surface area contributed by atoms with Gasteiger partial charge in [-0.05, 0) is 60.2 Å². The number of sulfonamides is 1. The Labute approximate surface area is 175 Å². The first-order valence-electron chi connectivity index (χ1n) is 9.02. The summed E-state index contributed by atoms with van der Waals surface area (Å²) in [5.74, 6) is 0. The van der Waals surface area contributed by atoms with Crippen molar-refractivity contribution in [1.82, 2.24) is 14.9 Å². The topological polar surface area (TPSA) is 79.3 Å². The first-order valence-corrected chi connectivity index (χ1v) is 11.3. The van der Waals surface area contributed by atoms with Crippen LogP contribution < -0.4 is 14.9 Å². The molecule has 7 nitrogen and oxygen atoms in total. The molecule has 2 atom stereocenters. The predicted octanol–water partition coefficient (Wildman–Crippen LogP) is 2.97. The highest BCUT2D eigenvalue weighted by Crippen LogP contribution is 2.41. The smallest absolute Gasteiger partial charge is 0.229 e. The largest absolute Gasteiger partial charge is 0.357 e. The molecular formula is C20H21N5O2S2. The van der Waals surface area contributed by atoms with E-state index in [0.717, 1.165) is 23.2 Å². The first-order chi connectivity index (χ1) is 13.8. The summed E-state index contributed by atoms with van der Waals surface area (Å²) >= 11 is 5.67. The third kappa shape index (κ3) is 4.10. The lowest BCUT2D eigenvalue weighted by Gasteiger charge is -2.27. The van der Waals surface area contributed by atoms with Crippen LogP contribution in [0.15, 0.2) is 67.1 Å². The number of aromatic nitrogens is 2. The molecule has 0 spiro atoms. The molecule has 0 saturated carbocycles. The van der Waals surface area contributed by atoms with Gasteiger partial charge in [0.25, 0.3) is 0 Å². The SMILES string of the molecule is Cn1ccc([C@@H]2[C@H](c3ccccn3)NC(=S)N2c2ccc(NS(C)(=O)=O)cc2)c1. The van der Waals surface area contributed by atoms with E-state index in [9.17, 15) is 8.42 Å². The van der Waals surface area contributed by atoms with Crippen molar-refractivity contribution < 1.29 is 8.42 Å². The standard InChI is InChI=1S/C20H21N5O2S2/c1-24-12-10-14(13-24)19-18(17-5-3-4-11-21-17)22-20(28)25(19)16-8-6-15(7-9-16)23-29(2,26)27/h3-13,18-19,23H,1-2H3,(H,22,28)/t18-,19+/m0/s1. The summed E-state index contributed by atoms with van der Waals surface area (Å²) in [6.45, 7) is 0. The highest BCUT2D eigenvalue weighted by atomic mass is 32.2. The highest BCUT2D eigenvalue weighted by molar-refractivity contribution is 7.92. The molecule has 9 heteroatoms. The van der Waals surface area contributed by atoms with Crippen molar-refractivity contribution in [2.45, 2.75) is 12.1 Å². The molecule has 2 aromatic heterocycles. The Balaban J connectivity index is 1.73. The van der Waals surface area contributed by atoms with Crippen molar-refractivity contribution in [2.75, 3.05) is 15.9 Å². The summed E-state index contributed by atoms with van der Waals surface area (Å²) in [4.78, 5) is 6.58. The Kier molecular flexibility index (Phi) is 5.01. The molecule has 0 bridgehead atoms. The summed E-state index contributed by atoms with van der Waals surface area (Å²) in [5.41, 5.74) is 3.39. The molecule has 1 aliphatic heterocycles. The van der Waals surface area contributed by atoms with Gasteiger partial charge in [0.05, 0.1) is 24.0 Å². The summed E-state index contributed by atoms with van der Waals surface area (Å²) in [7, 11) is -1.35. The second-order valence-corrected chi connectivity index (χ2v) is 9.16. The van der Waals surface area contributed by atoms with E-state index in [1.165, 1.54) is 0 Å². The third-order valence-electron chi connectivity index (χ3n) is 4.74. The minimum absolute atomic E-state index is 0.0904. The number of hydrogen-bond acceptors (Lipinski definition) is 4. The van der Waals surface area contributed by atoms with Gasteiger partial charge in [0.2, 0.25) is 10.0 Å². The molecule has 2 N–H and O–H groups in total. The summed E-state index contributed by atoms with van der Waals surface area (Å²) < 4.78 is 27.4. The summed E-state index contributed by atoms with van der Waals surface area (Å²) in [6.07, 6.45) is 6.98. The second kappa shape index (κ2) is 7.49. The second-order valence-electron chi connectivity index (χ2n) is 7.03. The van der Waals surface area contributed by atoms with Crippen LogP contribution in [0.2, 0.25) is 0 Å². The number of benzene rings is 1. The normalized spacial score (nSPS) is 19.2. The zero-order chi connectivity index (χ0) is 20.6. The van der Waals surface area contributed by atoms with E-state index < -0.39 is 10.0 Å². The Morgan fingerprint density at radius 2 is 1.90 bits per heavy atom. The molecule has 3 heterocycles. The fourth-order valence-corrected chi connectivity index (χ4v) is 4.49. The molecule has 0 radical (unpaired) electrons. The van der Waals surface area contributed by atoms with Gasteiger partial charge in [0.15, 0.2) is 5.11 Å². The molecule has 150 valence electrons. The Hall–Kier alpha value is -2.91. The van der Waals surface area contributed by atoms with E-state index in [-0.39, 0.29) is 12.1 Å². The van der Waals surface area contributed by atoms with E-state index in [2.05, 4.69) is 27.3 Å². The molecular weight excluding hydrogens is 406 g/mol. The van der Waals surface area contributed by atoms with Crippen LogP contribution in [0.4, 0.5) is 11.4 Å². The lowest BCUT2D eigenvalue weighted by atomic mass is 9.98. The number of thiocarbonyl (C=S) groups is 1. The molecule has 1 saturated heterocycles. The number of anilines is 2. The average Bonchev–Trinajstić information content (AvgIpc) is 3.25. The highest BCUT2D eigenvalue weighted by Gasteiger charge is 2.40. The van der Waals surface area contributed by atoms with E-state index in [0.29, 0.717) is 10.8 Å². The van der Waals surface area contributed by atoms with Crippen LogP contribution in [0.3, 0.4) is 0 Å². The van der Waals surface area contributed by atoms with Crippen LogP contribution in [0.25, 0.3) is 0 Å². The molecule has 1 fully saturated rings. The van der Waals surface area contributed by atoms with Gasteiger partial charge in [0.1, 0.15) is 0 Å². The lowest BCUT2D eigenvalue weighted by molar-refractivity contribution is 0.567. The van der Waals surface area contributed by atoms with Crippen LogP contribution in [0, 0.1) is 0 Å². The first kappa shape index (κ1) is 19.4. The minimum Gasteiger partial charge on any atom is -0.357 e. The van der Waals surface area contributed by atoms with E-state index in [1.54, 1.807) is 18.3 Å². The van der Waals surface area contributed by atoms with Crippen molar-refractivity contribution in [1.29, 1.82) is 0 Å². The molecule has 3 aromatic rings. The number of pyridine rings is 1. The Morgan fingerprint density at radius 1 is 1.14 bits per heavy atom. The average molecular weight is 428 g/mol. The fourth-order valence-electron chi connectivity index (χ4n) is 3.58. The quantitative estimate of drug-likeness (QED) is 0.610.